The zero-order valence-corrected chi connectivity index (χ0v) is 17.5. The van der Waals surface area contributed by atoms with E-state index in [1.54, 1.807) is 36.4 Å². The lowest BCUT2D eigenvalue weighted by Crippen LogP contribution is -2.25. The number of ketones is 2. The van der Waals surface area contributed by atoms with Crippen LogP contribution in [-0.2, 0) is 11.2 Å². The van der Waals surface area contributed by atoms with Gasteiger partial charge < -0.3 is 0 Å². The van der Waals surface area contributed by atoms with Crippen LogP contribution in [0.1, 0.15) is 23.0 Å². The van der Waals surface area contributed by atoms with E-state index in [4.69, 9.17) is 46.4 Å². The Balaban J connectivity index is 1.91. The second-order valence-corrected chi connectivity index (χ2v) is 7.80. The van der Waals surface area contributed by atoms with Crippen molar-refractivity contribution in [1.82, 2.24) is 15.0 Å². The number of hydrogen-bond acceptors (Lipinski definition) is 4. The summed E-state index contributed by atoms with van der Waals surface area (Å²) in [5.41, 5.74) is 1.12. The smallest absolute Gasteiger partial charge is 0.195 e. The number of benzene rings is 2. The van der Waals surface area contributed by atoms with Gasteiger partial charge in [-0.1, -0.05) is 57.7 Å². The molecule has 0 aliphatic carbocycles. The van der Waals surface area contributed by atoms with E-state index in [0.717, 1.165) is 0 Å². The van der Waals surface area contributed by atoms with Crippen LogP contribution in [-0.4, -0.2) is 26.6 Å². The van der Waals surface area contributed by atoms with Gasteiger partial charge >= 0.3 is 0 Å². The number of halogens is 4. The minimum absolute atomic E-state index is 0.0412. The van der Waals surface area contributed by atoms with Crippen LogP contribution >= 0.6 is 46.4 Å². The molecule has 1 heterocycles. The highest BCUT2D eigenvalue weighted by Gasteiger charge is 2.29. The van der Waals surface area contributed by atoms with Gasteiger partial charge in [-0.15, -0.1) is 5.10 Å². The Hall–Kier alpha value is -1.92. The molecule has 1 aromatic heterocycles. The number of rotatable bonds is 6. The normalized spacial score (nSPS) is 12.0. The molecule has 0 radical (unpaired) electrons. The molecular formula is C19H13Cl4N3O2. The molecule has 0 spiro atoms. The van der Waals surface area contributed by atoms with Crippen LogP contribution < -0.4 is 0 Å². The molecule has 0 saturated carbocycles. The van der Waals surface area contributed by atoms with E-state index in [2.05, 4.69) is 10.3 Å². The quantitative estimate of drug-likeness (QED) is 0.362. The Morgan fingerprint density at radius 2 is 1.64 bits per heavy atom. The zero-order valence-electron chi connectivity index (χ0n) is 14.5. The number of hydrogen-bond donors (Lipinski definition) is 0. The Morgan fingerprint density at radius 1 is 1.04 bits per heavy atom. The van der Waals surface area contributed by atoms with E-state index in [1.165, 1.54) is 17.8 Å². The standard InChI is InChI=1S/C19H13Cl4N3O2/c1-10(27)14(8-15-16(22)3-2-4-17(15)23)19(28)18-9-26(25-24-18)13-6-11(20)5-12(21)7-13/h2-7,9,14H,8H2,1H3/t14-/m1/s1. The molecule has 3 aromatic rings. The Bertz CT molecular complexity index is 1020. The van der Waals surface area contributed by atoms with Crippen molar-refractivity contribution >= 4 is 58.0 Å². The van der Waals surface area contributed by atoms with Gasteiger partial charge in [0.25, 0.3) is 0 Å². The molecule has 28 heavy (non-hydrogen) atoms. The van der Waals surface area contributed by atoms with Gasteiger partial charge in [0.2, 0.25) is 0 Å². The Labute approximate surface area is 181 Å². The predicted octanol–water partition coefficient (Wildman–Crippen LogP) is 5.51. The van der Waals surface area contributed by atoms with E-state index < -0.39 is 11.7 Å². The molecule has 0 amide bonds. The fourth-order valence-corrected chi connectivity index (χ4v) is 3.77. The molecule has 9 heteroatoms. The van der Waals surface area contributed by atoms with Crippen molar-refractivity contribution in [2.75, 3.05) is 0 Å². The maximum atomic E-state index is 12.9. The summed E-state index contributed by atoms with van der Waals surface area (Å²) in [7, 11) is 0. The van der Waals surface area contributed by atoms with E-state index in [9.17, 15) is 9.59 Å². The Kier molecular flexibility index (Phi) is 6.40. The molecule has 0 aliphatic heterocycles. The molecule has 5 nitrogen and oxygen atoms in total. The monoisotopic (exact) mass is 455 g/mol. The number of Topliss-reactive ketones (excluding diaryl/α,β-unsaturated/α-hetero) is 2. The third-order valence-corrected chi connectivity index (χ3v) is 5.28. The third kappa shape index (κ3) is 4.55. The molecule has 0 N–H and O–H groups in total. The lowest BCUT2D eigenvalue weighted by atomic mass is 9.90. The van der Waals surface area contributed by atoms with Crippen molar-refractivity contribution in [1.29, 1.82) is 0 Å². The molecule has 0 saturated heterocycles. The third-order valence-electron chi connectivity index (χ3n) is 4.13. The topological polar surface area (TPSA) is 64.8 Å². The second-order valence-electron chi connectivity index (χ2n) is 6.11. The van der Waals surface area contributed by atoms with Crippen LogP contribution in [0.3, 0.4) is 0 Å². The fraction of sp³-hybridized carbons (Fsp3) is 0.158. The van der Waals surface area contributed by atoms with E-state index in [-0.39, 0.29) is 17.9 Å². The molecule has 0 fully saturated rings. The van der Waals surface area contributed by atoms with Crippen molar-refractivity contribution in [2.24, 2.45) is 5.92 Å². The zero-order chi connectivity index (χ0) is 20.4. The molecule has 2 aromatic carbocycles. The largest absolute Gasteiger partial charge is 0.299 e. The van der Waals surface area contributed by atoms with E-state index >= 15 is 0 Å². The summed E-state index contributed by atoms with van der Waals surface area (Å²) >= 11 is 24.4. The number of carbonyl (C=O) groups is 2. The van der Waals surface area contributed by atoms with Crippen molar-refractivity contribution in [2.45, 2.75) is 13.3 Å². The van der Waals surface area contributed by atoms with Crippen LogP contribution in [0, 0.1) is 5.92 Å². The number of aromatic nitrogens is 3. The van der Waals surface area contributed by atoms with E-state index in [1.807, 2.05) is 0 Å². The average Bonchev–Trinajstić information content (AvgIpc) is 3.10. The molecule has 0 bridgehead atoms. The van der Waals surface area contributed by atoms with Crippen LogP contribution in [0.4, 0.5) is 0 Å². The number of nitrogens with zero attached hydrogens (tertiary/aromatic N) is 3. The Morgan fingerprint density at radius 3 is 2.21 bits per heavy atom. The average molecular weight is 457 g/mol. The first-order valence-electron chi connectivity index (χ1n) is 8.12. The highest BCUT2D eigenvalue weighted by atomic mass is 35.5. The van der Waals surface area contributed by atoms with Crippen molar-refractivity contribution < 1.29 is 9.59 Å². The number of carbonyl (C=O) groups excluding carboxylic acids is 2. The minimum Gasteiger partial charge on any atom is -0.299 e. The summed E-state index contributed by atoms with van der Waals surface area (Å²) in [4.78, 5) is 25.1. The SMILES string of the molecule is CC(=O)[C@@H](Cc1c(Cl)cccc1Cl)C(=O)c1cn(-c2cc(Cl)cc(Cl)c2)nn1. The van der Waals surface area contributed by atoms with Crippen molar-refractivity contribution in [3.63, 3.8) is 0 Å². The molecule has 0 aliphatic rings. The van der Waals surface area contributed by atoms with Crippen LogP contribution in [0.5, 0.6) is 0 Å². The first-order chi connectivity index (χ1) is 13.3. The highest BCUT2D eigenvalue weighted by Crippen LogP contribution is 2.28. The summed E-state index contributed by atoms with van der Waals surface area (Å²) in [6.07, 6.45) is 1.50. The summed E-state index contributed by atoms with van der Waals surface area (Å²) in [6.45, 7) is 1.34. The second kappa shape index (κ2) is 8.62. The van der Waals surface area contributed by atoms with Crippen LogP contribution in [0.2, 0.25) is 20.1 Å². The van der Waals surface area contributed by atoms with Crippen molar-refractivity contribution in [3.05, 3.63) is 73.9 Å². The fourth-order valence-electron chi connectivity index (χ4n) is 2.71. The summed E-state index contributed by atoms with van der Waals surface area (Å²) in [5.74, 6) is -1.77. The summed E-state index contributed by atoms with van der Waals surface area (Å²) in [5, 5.41) is 9.46. The molecule has 3 rings (SSSR count). The van der Waals surface area contributed by atoms with Gasteiger partial charge in [-0.05, 0) is 49.2 Å². The van der Waals surface area contributed by atoms with Gasteiger partial charge in [-0.3, -0.25) is 9.59 Å². The van der Waals surface area contributed by atoms with Gasteiger partial charge in [-0.25, -0.2) is 4.68 Å². The van der Waals surface area contributed by atoms with Gasteiger partial charge in [0.15, 0.2) is 5.78 Å². The minimum atomic E-state index is -0.981. The highest BCUT2D eigenvalue weighted by molar-refractivity contribution is 6.36. The summed E-state index contributed by atoms with van der Waals surface area (Å²) < 4.78 is 1.37. The van der Waals surface area contributed by atoms with Gasteiger partial charge in [0.05, 0.1) is 17.8 Å². The van der Waals surface area contributed by atoms with Crippen LogP contribution in [0.25, 0.3) is 5.69 Å². The van der Waals surface area contributed by atoms with Gasteiger partial charge in [0, 0.05) is 20.1 Å². The first kappa shape index (κ1) is 20.8. The predicted molar refractivity (Wildman–Crippen MR) is 110 cm³/mol. The van der Waals surface area contributed by atoms with Gasteiger partial charge in [0.1, 0.15) is 11.5 Å². The first-order valence-corrected chi connectivity index (χ1v) is 9.64. The lowest BCUT2D eigenvalue weighted by molar-refractivity contribution is -0.119. The molecule has 1 atom stereocenters. The van der Waals surface area contributed by atoms with Crippen LogP contribution in [0.15, 0.2) is 42.6 Å². The molecular weight excluding hydrogens is 444 g/mol. The lowest BCUT2D eigenvalue weighted by Gasteiger charge is -2.13. The van der Waals surface area contributed by atoms with Crippen molar-refractivity contribution in [3.8, 4) is 5.69 Å². The van der Waals surface area contributed by atoms with E-state index in [0.29, 0.717) is 31.3 Å². The maximum Gasteiger partial charge on any atom is 0.195 e. The maximum absolute atomic E-state index is 12.9. The molecule has 144 valence electrons. The molecule has 0 unspecified atom stereocenters. The summed E-state index contributed by atoms with van der Waals surface area (Å²) in [6, 6.07) is 9.84. The van der Waals surface area contributed by atoms with Gasteiger partial charge in [-0.2, -0.15) is 0 Å².